The minimum Gasteiger partial charge on any atom is -0.508 e. The van der Waals surface area contributed by atoms with Gasteiger partial charge < -0.3 is 15.5 Å². The molecular weight excluding hydrogens is 230 g/mol. The van der Waals surface area contributed by atoms with Gasteiger partial charge in [-0.25, -0.2) is 4.79 Å². The molecule has 104 valence electrons. The first kappa shape index (κ1) is 18.6. The van der Waals surface area contributed by atoms with Crippen LogP contribution in [0.2, 0.25) is 0 Å². The highest BCUT2D eigenvalue weighted by atomic mass is 16.4. The molecule has 0 aromatic rings. The first-order valence-electron chi connectivity index (χ1n) is 6.06. The zero-order chi connectivity index (χ0) is 14.7. The van der Waals surface area contributed by atoms with E-state index in [1.54, 1.807) is 13.0 Å². The highest BCUT2D eigenvalue weighted by Gasteiger charge is 2.11. The van der Waals surface area contributed by atoms with Gasteiger partial charge in [0.25, 0.3) is 0 Å². The molecule has 0 spiro atoms. The number of aliphatic carboxylic acids is 1. The fourth-order valence-electron chi connectivity index (χ4n) is 0.966. The zero-order valence-corrected chi connectivity index (χ0v) is 11.9. The molecule has 0 aliphatic heterocycles. The number of allylic oxidation sites excluding steroid dienone is 2. The summed E-state index contributed by atoms with van der Waals surface area (Å²) in [4.78, 5) is 10.7. The third-order valence-corrected chi connectivity index (χ3v) is 1.61. The Morgan fingerprint density at radius 3 is 2.00 bits per heavy atom. The average molecular weight is 255 g/mol. The van der Waals surface area contributed by atoms with E-state index in [9.17, 15) is 4.79 Å². The summed E-state index contributed by atoms with van der Waals surface area (Å²) in [5.74, 6) is -1.65. The summed E-state index contributed by atoms with van der Waals surface area (Å²) in [6, 6.07) is 0.189. The second kappa shape index (κ2) is 10.4. The largest absolute Gasteiger partial charge is 0.508 e. The second-order valence-corrected chi connectivity index (χ2v) is 4.06. The summed E-state index contributed by atoms with van der Waals surface area (Å²) in [6.45, 7) is 13.1. The molecule has 4 nitrogen and oxygen atoms in total. The molecule has 0 fully saturated rings. The lowest BCUT2D eigenvalue weighted by Gasteiger charge is -2.11. The molecule has 0 saturated heterocycles. The van der Waals surface area contributed by atoms with Crippen LogP contribution in [0.25, 0.3) is 0 Å². The van der Waals surface area contributed by atoms with E-state index in [-0.39, 0.29) is 11.6 Å². The Morgan fingerprint density at radius 1 is 1.33 bits per heavy atom. The van der Waals surface area contributed by atoms with E-state index < -0.39 is 11.7 Å². The van der Waals surface area contributed by atoms with Gasteiger partial charge in [0.1, 0.15) is 11.3 Å². The van der Waals surface area contributed by atoms with Gasteiger partial charge in [0.2, 0.25) is 0 Å². The van der Waals surface area contributed by atoms with Gasteiger partial charge in [-0.05, 0) is 26.8 Å². The van der Waals surface area contributed by atoms with Crippen LogP contribution in [0.4, 0.5) is 0 Å². The van der Waals surface area contributed by atoms with Crippen LogP contribution >= 0.6 is 0 Å². The third-order valence-electron chi connectivity index (χ3n) is 1.61. The lowest BCUT2D eigenvalue weighted by molar-refractivity contribution is -0.132. The van der Waals surface area contributed by atoms with Crippen molar-refractivity contribution in [1.82, 2.24) is 5.32 Å². The van der Waals surface area contributed by atoms with Gasteiger partial charge in [-0.3, -0.25) is 0 Å². The van der Waals surface area contributed by atoms with Gasteiger partial charge in [0.15, 0.2) is 0 Å². The molecule has 4 heteroatoms. The number of aliphatic hydroxyl groups is 1. The second-order valence-electron chi connectivity index (χ2n) is 4.06. The standard InChI is InChI=1S/C11H17NO3.C3H8/c1-5-9(12-7(2)3)6-10(8(4)13)11(14)15;1-3-2/h5-7,12-13H,4H2,1-3H3,(H,14,15);3H2,1-2H3/b9-5+,10-6+;. The van der Waals surface area contributed by atoms with Crippen molar-refractivity contribution < 1.29 is 15.0 Å². The molecule has 0 radical (unpaired) electrons. The molecule has 18 heavy (non-hydrogen) atoms. The molecule has 3 N–H and O–H groups in total. The molecule has 0 rings (SSSR count). The maximum absolute atomic E-state index is 10.7. The van der Waals surface area contributed by atoms with Crippen molar-refractivity contribution >= 4 is 5.97 Å². The van der Waals surface area contributed by atoms with Crippen molar-refractivity contribution in [3.8, 4) is 0 Å². The molecular formula is C14H25NO3. The van der Waals surface area contributed by atoms with Gasteiger partial charge in [0, 0.05) is 11.7 Å². The number of hydrogen-bond acceptors (Lipinski definition) is 3. The summed E-state index contributed by atoms with van der Waals surface area (Å²) in [6.07, 6.45) is 4.33. The van der Waals surface area contributed by atoms with Crippen LogP contribution in [-0.2, 0) is 4.79 Å². The molecule has 0 unspecified atom stereocenters. The Balaban J connectivity index is 0. The van der Waals surface area contributed by atoms with Crippen molar-refractivity contribution in [3.05, 3.63) is 35.8 Å². The van der Waals surface area contributed by atoms with E-state index in [0.29, 0.717) is 5.70 Å². The van der Waals surface area contributed by atoms with Gasteiger partial charge in [0.05, 0.1) is 0 Å². The van der Waals surface area contributed by atoms with Crippen LogP contribution in [0.3, 0.4) is 0 Å². The van der Waals surface area contributed by atoms with E-state index in [1.165, 1.54) is 12.5 Å². The minimum atomic E-state index is -1.20. The zero-order valence-electron chi connectivity index (χ0n) is 11.9. The molecule has 0 aromatic carbocycles. The molecule has 0 bridgehead atoms. The topological polar surface area (TPSA) is 69.6 Å². The Labute approximate surface area is 110 Å². The summed E-state index contributed by atoms with van der Waals surface area (Å²) >= 11 is 0. The van der Waals surface area contributed by atoms with Gasteiger partial charge in [-0.2, -0.15) is 0 Å². The van der Waals surface area contributed by atoms with Crippen molar-refractivity contribution in [2.45, 2.75) is 47.1 Å². The summed E-state index contributed by atoms with van der Waals surface area (Å²) in [7, 11) is 0. The number of hydrogen-bond donors (Lipinski definition) is 3. The first-order chi connectivity index (χ1) is 8.29. The quantitative estimate of drug-likeness (QED) is 0.400. The highest BCUT2D eigenvalue weighted by Crippen LogP contribution is 2.08. The summed E-state index contributed by atoms with van der Waals surface area (Å²) in [5.41, 5.74) is 0.425. The fourth-order valence-corrected chi connectivity index (χ4v) is 0.966. The number of carbonyl (C=O) groups is 1. The van der Waals surface area contributed by atoms with Crippen LogP contribution in [0, 0.1) is 0 Å². The minimum absolute atomic E-state index is 0.189. The van der Waals surface area contributed by atoms with Crippen molar-refractivity contribution in [2.75, 3.05) is 0 Å². The monoisotopic (exact) mass is 255 g/mol. The number of nitrogens with one attached hydrogen (secondary N) is 1. The van der Waals surface area contributed by atoms with Crippen molar-refractivity contribution in [1.29, 1.82) is 0 Å². The molecule has 0 aliphatic carbocycles. The lowest BCUT2D eigenvalue weighted by atomic mass is 10.2. The number of aliphatic hydroxyl groups excluding tert-OH is 1. The molecule has 0 aliphatic rings. The normalized spacial score (nSPS) is 11.7. The number of carboxylic acid groups (broad SMARTS) is 1. The SMILES string of the molecule is C=C(O)/C(=C\C(=C/C)NC(C)C)C(=O)O.CCC. The lowest BCUT2D eigenvalue weighted by Crippen LogP contribution is -2.21. The van der Waals surface area contributed by atoms with Gasteiger partial charge in [-0.1, -0.05) is 32.9 Å². The van der Waals surface area contributed by atoms with Crippen LogP contribution in [0.1, 0.15) is 41.0 Å². The van der Waals surface area contributed by atoms with E-state index in [1.807, 2.05) is 13.8 Å². The fraction of sp³-hybridized carbons (Fsp3) is 0.500. The van der Waals surface area contributed by atoms with E-state index in [0.717, 1.165) is 0 Å². The maximum Gasteiger partial charge on any atom is 0.339 e. The molecule has 0 heterocycles. The Hall–Kier alpha value is -1.71. The molecule has 0 saturated carbocycles. The summed E-state index contributed by atoms with van der Waals surface area (Å²) < 4.78 is 0. The van der Waals surface area contributed by atoms with Crippen LogP contribution in [0.15, 0.2) is 35.8 Å². The predicted octanol–water partition coefficient (Wildman–Crippen LogP) is 3.39. The summed E-state index contributed by atoms with van der Waals surface area (Å²) in [5, 5.41) is 20.9. The Kier molecular flexibility index (Phi) is 10.8. The molecule has 0 aromatic heterocycles. The van der Waals surface area contributed by atoms with Gasteiger partial charge >= 0.3 is 5.97 Å². The predicted molar refractivity (Wildman–Crippen MR) is 75.5 cm³/mol. The molecule has 0 amide bonds. The van der Waals surface area contributed by atoms with Crippen molar-refractivity contribution in [2.24, 2.45) is 0 Å². The van der Waals surface area contributed by atoms with E-state index in [2.05, 4.69) is 25.7 Å². The van der Waals surface area contributed by atoms with E-state index >= 15 is 0 Å². The Bertz CT molecular complexity index is 312. The third kappa shape index (κ3) is 9.51. The maximum atomic E-state index is 10.7. The van der Waals surface area contributed by atoms with Crippen LogP contribution < -0.4 is 5.32 Å². The first-order valence-corrected chi connectivity index (χ1v) is 6.06. The average Bonchev–Trinajstić information content (AvgIpc) is 2.23. The van der Waals surface area contributed by atoms with Crippen LogP contribution in [0.5, 0.6) is 0 Å². The number of rotatable bonds is 5. The van der Waals surface area contributed by atoms with Crippen molar-refractivity contribution in [3.63, 3.8) is 0 Å². The Morgan fingerprint density at radius 2 is 1.78 bits per heavy atom. The van der Waals surface area contributed by atoms with E-state index in [4.69, 9.17) is 10.2 Å². The smallest absolute Gasteiger partial charge is 0.339 e. The van der Waals surface area contributed by atoms with Crippen LogP contribution in [-0.4, -0.2) is 22.2 Å². The highest BCUT2D eigenvalue weighted by molar-refractivity contribution is 5.91. The molecule has 0 atom stereocenters. The number of carboxylic acids is 1. The van der Waals surface area contributed by atoms with Gasteiger partial charge in [-0.15, -0.1) is 0 Å².